The summed E-state index contributed by atoms with van der Waals surface area (Å²) in [5, 5.41) is 4.96. The highest BCUT2D eigenvalue weighted by Crippen LogP contribution is 2.47. The van der Waals surface area contributed by atoms with Crippen molar-refractivity contribution in [2.75, 3.05) is 31.6 Å². The normalized spacial score (nSPS) is 29.1. The summed E-state index contributed by atoms with van der Waals surface area (Å²) in [5.74, 6) is -2.35. The standard InChI is InChI=1S/C39H58N6O9S/c1-8-25-19-39(25,34(48)42-55(51,52)27-14-15-27)41-32(46)30-18-26-21-45(30)33(47)31(37(2,3)4)40-35(49)53-23-38(5,6)16-9-10-17-43(7)29-13-11-12-24-20-44(22-28(24)29)36(50)54-26/h11-13,25-27,30-31H,8-10,14-23H2,1-7H3,(H,40,49)(H,41,46)(H,42,48)/t25-,26?,30-,31+,39-/m0/s1. The zero-order valence-corrected chi connectivity index (χ0v) is 34.1. The molecule has 0 spiro atoms. The van der Waals surface area contributed by atoms with Gasteiger partial charge in [0.15, 0.2) is 0 Å². The molecule has 1 aromatic carbocycles. The highest BCUT2D eigenvalue weighted by atomic mass is 32.2. The molecule has 5 aliphatic rings. The lowest BCUT2D eigenvalue weighted by Gasteiger charge is -2.35. The van der Waals surface area contributed by atoms with Crippen LogP contribution in [0.3, 0.4) is 0 Å². The molecule has 1 aromatic rings. The molecule has 55 heavy (non-hydrogen) atoms. The number of ether oxygens (including phenoxy) is 2. The van der Waals surface area contributed by atoms with Crippen molar-refractivity contribution < 1.29 is 41.9 Å². The molecule has 2 saturated carbocycles. The fourth-order valence-corrected chi connectivity index (χ4v) is 9.52. The van der Waals surface area contributed by atoms with Crippen LogP contribution in [0.25, 0.3) is 0 Å². The molecule has 16 heteroatoms. The Labute approximate surface area is 324 Å². The van der Waals surface area contributed by atoms with Gasteiger partial charge in [-0.15, -0.1) is 0 Å². The molecule has 3 N–H and O–H groups in total. The lowest BCUT2D eigenvalue weighted by molar-refractivity contribution is -0.143. The molecule has 0 aromatic heterocycles. The maximum Gasteiger partial charge on any atom is 0.410 e. The Morgan fingerprint density at radius 1 is 1.07 bits per heavy atom. The third-order valence-corrected chi connectivity index (χ3v) is 13.7. The van der Waals surface area contributed by atoms with Gasteiger partial charge in [0.05, 0.1) is 24.9 Å². The number of anilines is 1. The lowest BCUT2D eigenvalue weighted by atomic mass is 9.85. The van der Waals surface area contributed by atoms with Crippen LogP contribution in [0.1, 0.15) is 104 Å². The van der Waals surface area contributed by atoms with Gasteiger partial charge in [0.25, 0.3) is 5.91 Å². The van der Waals surface area contributed by atoms with Crippen LogP contribution in [0.2, 0.25) is 0 Å². The van der Waals surface area contributed by atoms with Crippen molar-refractivity contribution >= 4 is 45.6 Å². The number of hydrogen-bond acceptors (Lipinski definition) is 10. The van der Waals surface area contributed by atoms with Gasteiger partial charge in [-0.3, -0.25) is 24.0 Å². The number of carbonyl (C=O) groups is 5. The number of hydrogen-bond donors (Lipinski definition) is 3. The van der Waals surface area contributed by atoms with Crippen molar-refractivity contribution in [3.05, 3.63) is 29.3 Å². The van der Waals surface area contributed by atoms with Crippen LogP contribution in [0.15, 0.2) is 18.2 Å². The van der Waals surface area contributed by atoms with Crippen LogP contribution in [0.5, 0.6) is 0 Å². The van der Waals surface area contributed by atoms with Gasteiger partial charge in [0, 0.05) is 32.2 Å². The van der Waals surface area contributed by atoms with Gasteiger partial charge >= 0.3 is 12.2 Å². The fourth-order valence-electron chi connectivity index (χ4n) is 8.16. The molecule has 5 amide bonds. The number of nitrogens with one attached hydrogen (secondary N) is 3. The predicted molar refractivity (Wildman–Crippen MR) is 204 cm³/mol. The highest BCUT2D eigenvalue weighted by Gasteiger charge is 2.62. The van der Waals surface area contributed by atoms with Gasteiger partial charge in [0.2, 0.25) is 21.8 Å². The minimum Gasteiger partial charge on any atom is -0.449 e. The first-order chi connectivity index (χ1) is 25.7. The molecule has 4 bridgehead atoms. The van der Waals surface area contributed by atoms with Crippen molar-refractivity contribution in [2.45, 2.75) is 135 Å². The quantitative estimate of drug-likeness (QED) is 0.384. The Bertz CT molecular complexity index is 1810. The van der Waals surface area contributed by atoms with Crippen LogP contribution in [-0.2, 0) is 47.0 Å². The monoisotopic (exact) mass is 786 g/mol. The second kappa shape index (κ2) is 15.1. The smallest absolute Gasteiger partial charge is 0.410 e. The molecule has 2 aliphatic carbocycles. The number of benzene rings is 1. The first-order valence-corrected chi connectivity index (χ1v) is 21.2. The van der Waals surface area contributed by atoms with Gasteiger partial charge in [-0.25, -0.2) is 18.0 Å². The summed E-state index contributed by atoms with van der Waals surface area (Å²) in [6.07, 6.45) is 2.00. The Hall–Kier alpha value is -4.08. The number of nitrogens with zero attached hydrogens (tertiary/aromatic N) is 3. The molecule has 6 rings (SSSR count). The number of cyclic esters (lactones) is 1. The SMILES string of the molecule is CC[C@H]1C[C@@]1(NC(=O)[C@@H]1CC2CN1C(=O)[C@H](C(C)(C)C)NC(=O)OCC(C)(C)CCCCN(C)c1cccc3c1CN(C3)C(=O)O2)C(=O)NS(=O)(=O)C1CC1. The summed E-state index contributed by atoms with van der Waals surface area (Å²) in [7, 11) is -1.85. The number of fused-ring (bicyclic) bond motifs is 3. The topological polar surface area (TPSA) is 184 Å². The van der Waals surface area contributed by atoms with E-state index in [4.69, 9.17) is 9.47 Å². The summed E-state index contributed by atoms with van der Waals surface area (Å²) in [4.78, 5) is 74.6. The number of carbonyl (C=O) groups excluding carboxylic acids is 5. The van der Waals surface area contributed by atoms with E-state index in [1.807, 2.05) is 46.0 Å². The van der Waals surface area contributed by atoms with Gasteiger partial charge in [-0.1, -0.05) is 66.5 Å². The van der Waals surface area contributed by atoms with Crippen molar-refractivity contribution in [3.8, 4) is 0 Å². The molecule has 0 radical (unpaired) electrons. The third kappa shape index (κ3) is 8.83. The average molecular weight is 787 g/mol. The van der Waals surface area contributed by atoms with Crippen LogP contribution >= 0.6 is 0 Å². The second-order valence-corrected chi connectivity index (χ2v) is 20.0. The number of amides is 5. The fraction of sp³-hybridized carbons (Fsp3) is 0.718. The molecule has 3 fully saturated rings. The van der Waals surface area contributed by atoms with E-state index in [9.17, 15) is 32.4 Å². The van der Waals surface area contributed by atoms with E-state index in [1.165, 1.54) is 4.90 Å². The van der Waals surface area contributed by atoms with E-state index in [-0.39, 0.29) is 37.3 Å². The molecule has 3 heterocycles. The minimum atomic E-state index is -3.88. The van der Waals surface area contributed by atoms with E-state index >= 15 is 0 Å². The van der Waals surface area contributed by atoms with Crippen LogP contribution in [0, 0.1) is 16.7 Å². The summed E-state index contributed by atoms with van der Waals surface area (Å²) >= 11 is 0. The third-order valence-electron chi connectivity index (χ3n) is 11.9. The van der Waals surface area contributed by atoms with E-state index in [0.29, 0.717) is 32.4 Å². The molecule has 1 unspecified atom stereocenters. The highest BCUT2D eigenvalue weighted by molar-refractivity contribution is 7.91. The van der Waals surface area contributed by atoms with E-state index in [0.717, 1.165) is 42.6 Å². The molecular formula is C39H58N6O9S. The number of rotatable bonds is 6. The molecule has 304 valence electrons. The van der Waals surface area contributed by atoms with E-state index < -0.39 is 74.3 Å². The minimum absolute atomic E-state index is 0.0670. The van der Waals surface area contributed by atoms with Crippen LogP contribution < -0.4 is 20.3 Å². The van der Waals surface area contributed by atoms with Crippen molar-refractivity contribution in [1.82, 2.24) is 25.2 Å². The average Bonchev–Trinajstić information content (AvgIpc) is 4.00. The molecule has 3 aliphatic heterocycles. The Morgan fingerprint density at radius 3 is 2.45 bits per heavy atom. The first-order valence-electron chi connectivity index (χ1n) is 19.6. The van der Waals surface area contributed by atoms with Gasteiger partial charge in [0.1, 0.15) is 23.7 Å². The van der Waals surface area contributed by atoms with Crippen molar-refractivity contribution in [3.63, 3.8) is 0 Å². The zero-order chi connectivity index (χ0) is 40.1. The molecule has 15 nitrogen and oxygen atoms in total. The Balaban J connectivity index is 1.28. The Kier molecular flexibility index (Phi) is 11.1. The van der Waals surface area contributed by atoms with E-state index in [1.54, 1.807) is 25.7 Å². The van der Waals surface area contributed by atoms with E-state index in [2.05, 4.69) is 20.3 Å². The second-order valence-electron chi connectivity index (χ2n) is 18.0. The zero-order valence-electron chi connectivity index (χ0n) is 33.2. The summed E-state index contributed by atoms with van der Waals surface area (Å²) in [6, 6.07) is 3.71. The number of sulfonamides is 1. The maximum atomic E-state index is 14.6. The maximum absolute atomic E-state index is 14.6. The van der Waals surface area contributed by atoms with Gasteiger partial charge in [-0.05, 0) is 66.0 Å². The van der Waals surface area contributed by atoms with Crippen LogP contribution in [0.4, 0.5) is 15.3 Å². The predicted octanol–water partition coefficient (Wildman–Crippen LogP) is 3.79. The van der Waals surface area contributed by atoms with Crippen molar-refractivity contribution in [2.24, 2.45) is 16.7 Å². The Morgan fingerprint density at radius 2 is 1.80 bits per heavy atom. The molecule has 5 atom stereocenters. The summed E-state index contributed by atoms with van der Waals surface area (Å²) in [5.41, 5.74) is 0.477. The number of alkyl carbamates (subject to hydrolysis) is 1. The van der Waals surface area contributed by atoms with Crippen LogP contribution in [-0.4, -0.2) is 104 Å². The van der Waals surface area contributed by atoms with Gasteiger partial charge < -0.3 is 29.9 Å². The largest absolute Gasteiger partial charge is 0.449 e. The lowest BCUT2D eigenvalue weighted by Crippen LogP contribution is -2.60. The van der Waals surface area contributed by atoms with Crippen molar-refractivity contribution in [1.29, 1.82) is 0 Å². The van der Waals surface area contributed by atoms with Gasteiger partial charge in [-0.2, -0.15) is 0 Å². The summed E-state index contributed by atoms with van der Waals surface area (Å²) < 4.78 is 39.4. The molecular weight excluding hydrogens is 729 g/mol. The first kappa shape index (κ1) is 40.6. The summed E-state index contributed by atoms with van der Waals surface area (Å²) in [6.45, 7) is 12.8. The molecule has 1 saturated heterocycles.